The third kappa shape index (κ3) is 4.63. The van der Waals surface area contributed by atoms with Gasteiger partial charge in [-0.1, -0.05) is 29.8 Å². The lowest BCUT2D eigenvalue weighted by Crippen LogP contribution is -2.44. The summed E-state index contributed by atoms with van der Waals surface area (Å²) in [6, 6.07) is 3.09. The summed E-state index contributed by atoms with van der Waals surface area (Å²) >= 11 is 3.22. The van der Waals surface area contributed by atoms with Gasteiger partial charge in [-0.15, -0.1) is 0 Å². The molecule has 0 aliphatic rings. The Balaban J connectivity index is 2.74. The van der Waals surface area contributed by atoms with Crippen LogP contribution >= 0.6 is 15.9 Å². The first-order valence-corrected chi connectivity index (χ1v) is 6.56. The number of nitrogens with one attached hydrogen (secondary N) is 1. The van der Waals surface area contributed by atoms with Crippen LogP contribution in [0.15, 0.2) is 22.7 Å². The second kappa shape index (κ2) is 6.65. The maximum atomic E-state index is 13.1. The minimum Gasteiger partial charge on any atom is -0.480 e. The largest absolute Gasteiger partial charge is 0.480 e. The molecule has 1 rings (SSSR count). The molecule has 6 heteroatoms. The van der Waals surface area contributed by atoms with Crippen molar-refractivity contribution >= 4 is 27.8 Å². The van der Waals surface area contributed by atoms with Crippen LogP contribution in [0.25, 0.3) is 0 Å². The Hall–Kier alpha value is -1.43. The van der Waals surface area contributed by atoms with E-state index in [0.29, 0.717) is 10.0 Å². The lowest BCUT2D eigenvalue weighted by molar-refractivity contribution is -0.143. The second-order valence-electron chi connectivity index (χ2n) is 4.54. The molecule has 0 aliphatic heterocycles. The molecule has 104 valence electrons. The van der Waals surface area contributed by atoms with E-state index in [9.17, 15) is 14.0 Å². The standard InChI is InChI=1S/C13H15BrFNO3/c1-7(2)12(13(18)19)16-11(17)6-8-5-9(15)3-4-10(8)14/h3-5,7,12H,6H2,1-2H3,(H,16,17)(H,18,19)/t12-/m0/s1. The molecule has 0 bridgehead atoms. The van der Waals surface area contributed by atoms with E-state index in [0.717, 1.165) is 0 Å². The van der Waals surface area contributed by atoms with Crippen molar-refractivity contribution in [3.05, 3.63) is 34.1 Å². The van der Waals surface area contributed by atoms with Crippen molar-refractivity contribution in [2.75, 3.05) is 0 Å². The van der Waals surface area contributed by atoms with Crippen LogP contribution < -0.4 is 5.32 Å². The third-order valence-corrected chi connectivity index (χ3v) is 3.38. The summed E-state index contributed by atoms with van der Waals surface area (Å²) in [7, 11) is 0. The molecule has 1 amide bonds. The summed E-state index contributed by atoms with van der Waals surface area (Å²) in [5.74, 6) is -2.20. The van der Waals surface area contributed by atoms with Crippen LogP contribution in [0.2, 0.25) is 0 Å². The van der Waals surface area contributed by atoms with E-state index in [-0.39, 0.29) is 12.3 Å². The normalized spacial score (nSPS) is 12.3. The highest BCUT2D eigenvalue weighted by Gasteiger charge is 2.23. The average molecular weight is 332 g/mol. The smallest absolute Gasteiger partial charge is 0.326 e. The lowest BCUT2D eigenvalue weighted by Gasteiger charge is -2.18. The van der Waals surface area contributed by atoms with Gasteiger partial charge in [0.15, 0.2) is 0 Å². The van der Waals surface area contributed by atoms with Crippen molar-refractivity contribution in [1.82, 2.24) is 5.32 Å². The Bertz CT molecular complexity index is 491. The van der Waals surface area contributed by atoms with E-state index in [1.165, 1.54) is 18.2 Å². The zero-order chi connectivity index (χ0) is 14.6. The molecule has 0 saturated carbocycles. The van der Waals surface area contributed by atoms with Gasteiger partial charge in [0.25, 0.3) is 0 Å². The third-order valence-electron chi connectivity index (χ3n) is 2.61. The molecule has 0 saturated heterocycles. The predicted octanol–water partition coefficient (Wildman–Crippen LogP) is 2.36. The average Bonchev–Trinajstić information content (AvgIpc) is 2.30. The molecule has 0 radical (unpaired) electrons. The first-order chi connectivity index (χ1) is 8.81. The number of rotatable bonds is 5. The maximum absolute atomic E-state index is 13.1. The molecule has 0 unspecified atom stereocenters. The topological polar surface area (TPSA) is 66.4 Å². The van der Waals surface area contributed by atoms with Crippen LogP contribution in [-0.2, 0) is 16.0 Å². The van der Waals surface area contributed by atoms with E-state index in [1.807, 2.05) is 0 Å². The highest BCUT2D eigenvalue weighted by Crippen LogP contribution is 2.18. The van der Waals surface area contributed by atoms with Gasteiger partial charge in [-0.2, -0.15) is 0 Å². The van der Waals surface area contributed by atoms with Gasteiger partial charge in [0, 0.05) is 4.47 Å². The van der Waals surface area contributed by atoms with Gasteiger partial charge in [-0.25, -0.2) is 9.18 Å². The fourth-order valence-electron chi connectivity index (χ4n) is 1.59. The molecule has 1 aromatic rings. The Morgan fingerprint density at radius 3 is 2.58 bits per heavy atom. The molecule has 19 heavy (non-hydrogen) atoms. The van der Waals surface area contributed by atoms with Crippen molar-refractivity contribution in [2.24, 2.45) is 5.92 Å². The number of aliphatic carboxylic acids is 1. The van der Waals surface area contributed by atoms with Gasteiger partial charge in [0.1, 0.15) is 11.9 Å². The van der Waals surface area contributed by atoms with E-state index >= 15 is 0 Å². The number of halogens is 2. The van der Waals surface area contributed by atoms with Gasteiger partial charge < -0.3 is 10.4 Å². The highest BCUT2D eigenvalue weighted by atomic mass is 79.9. The van der Waals surface area contributed by atoms with Gasteiger partial charge in [0.05, 0.1) is 6.42 Å². The SMILES string of the molecule is CC(C)[C@H](NC(=O)Cc1cc(F)ccc1Br)C(=O)O. The number of amides is 1. The first-order valence-electron chi connectivity index (χ1n) is 5.77. The number of hydrogen-bond donors (Lipinski definition) is 2. The van der Waals surface area contributed by atoms with Crippen molar-refractivity contribution < 1.29 is 19.1 Å². The van der Waals surface area contributed by atoms with E-state index < -0.39 is 23.7 Å². The van der Waals surface area contributed by atoms with Crippen LogP contribution in [0.3, 0.4) is 0 Å². The first kappa shape index (κ1) is 15.6. The number of carboxylic acid groups (broad SMARTS) is 1. The Morgan fingerprint density at radius 1 is 1.42 bits per heavy atom. The zero-order valence-electron chi connectivity index (χ0n) is 10.6. The van der Waals surface area contributed by atoms with Crippen molar-refractivity contribution in [3.8, 4) is 0 Å². The summed E-state index contributed by atoms with van der Waals surface area (Å²) in [5.41, 5.74) is 0.477. The van der Waals surface area contributed by atoms with Crippen LogP contribution in [-0.4, -0.2) is 23.0 Å². The molecular weight excluding hydrogens is 317 g/mol. The van der Waals surface area contributed by atoms with Crippen LogP contribution in [0.4, 0.5) is 4.39 Å². The zero-order valence-corrected chi connectivity index (χ0v) is 12.2. The number of carboxylic acids is 1. The van der Waals surface area contributed by atoms with Gasteiger partial charge in [-0.3, -0.25) is 4.79 Å². The van der Waals surface area contributed by atoms with Crippen LogP contribution in [0.1, 0.15) is 19.4 Å². The molecular formula is C13H15BrFNO3. The predicted molar refractivity (Wildman–Crippen MR) is 72.2 cm³/mol. The fraction of sp³-hybridized carbons (Fsp3) is 0.385. The summed E-state index contributed by atoms with van der Waals surface area (Å²) < 4.78 is 13.7. The Kier molecular flexibility index (Phi) is 5.47. The van der Waals surface area contributed by atoms with Crippen molar-refractivity contribution in [2.45, 2.75) is 26.3 Å². The Morgan fingerprint density at radius 2 is 2.05 bits per heavy atom. The highest BCUT2D eigenvalue weighted by molar-refractivity contribution is 9.10. The Labute approximate surface area is 119 Å². The van der Waals surface area contributed by atoms with Crippen molar-refractivity contribution in [1.29, 1.82) is 0 Å². The summed E-state index contributed by atoms with van der Waals surface area (Å²) in [6.07, 6.45) is -0.0746. The number of benzene rings is 1. The summed E-state index contributed by atoms with van der Waals surface area (Å²) in [6.45, 7) is 3.41. The monoisotopic (exact) mass is 331 g/mol. The molecule has 1 aromatic carbocycles. The molecule has 0 fully saturated rings. The molecule has 0 spiro atoms. The minimum atomic E-state index is -1.08. The van der Waals surface area contributed by atoms with E-state index in [1.54, 1.807) is 13.8 Å². The lowest BCUT2D eigenvalue weighted by atomic mass is 10.0. The maximum Gasteiger partial charge on any atom is 0.326 e. The molecule has 4 nitrogen and oxygen atoms in total. The molecule has 0 aromatic heterocycles. The molecule has 1 atom stereocenters. The van der Waals surface area contributed by atoms with E-state index in [2.05, 4.69) is 21.2 Å². The van der Waals surface area contributed by atoms with Crippen LogP contribution in [0, 0.1) is 11.7 Å². The number of hydrogen-bond acceptors (Lipinski definition) is 2. The number of carbonyl (C=O) groups excluding carboxylic acids is 1. The van der Waals surface area contributed by atoms with Crippen LogP contribution in [0.5, 0.6) is 0 Å². The quantitative estimate of drug-likeness (QED) is 0.870. The molecule has 0 heterocycles. The summed E-state index contributed by atoms with van der Waals surface area (Å²) in [4.78, 5) is 22.7. The second-order valence-corrected chi connectivity index (χ2v) is 5.39. The molecule has 2 N–H and O–H groups in total. The van der Waals surface area contributed by atoms with Gasteiger partial charge in [0.2, 0.25) is 5.91 Å². The van der Waals surface area contributed by atoms with Gasteiger partial charge >= 0.3 is 5.97 Å². The van der Waals surface area contributed by atoms with Crippen molar-refractivity contribution in [3.63, 3.8) is 0 Å². The minimum absolute atomic E-state index is 0.0746. The van der Waals surface area contributed by atoms with Gasteiger partial charge in [-0.05, 0) is 29.7 Å². The molecule has 0 aliphatic carbocycles. The fourth-order valence-corrected chi connectivity index (χ4v) is 1.98. The summed E-state index contributed by atoms with van der Waals surface area (Å²) in [5, 5.41) is 11.4. The van der Waals surface area contributed by atoms with E-state index in [4.69, 9.17) is 5.11 Å². The number of carbonyl (C=O) groups is 2.